The Kier molecular flexibility index (Phi) is 2.43. The van der Waals surface area contributed by atoms with Crippen molar-refractivity contribution in [1.82, 2.24) is 10.2 Å². The summed E-state index contributed by atoms with van der Waals surface area (Å²) in [7, 11) is 0. The average Bonchev–Trinajstić information content (AvgIpc) is 2.84. The van der Waals surface area contributed by atoms with Crippen molar-refractivity contribution in [3.05, 3.63) is 28.1 Å². The molecule has 0 aliphatic rings. The standard InChI is InChI=1S/C10H6ClN3OS2/c11-4-1-2-6-5(3-4)7(12)8(17-6)9-13-14-10(16)15-9/h1-3H,12H2,(H,14,16). The maximum atomic E-state index is 6.05. The Morgan fingerprint density at radius 3 is 3.00 bits per heavy atom. The molecule has 0 aliphatic carbocycles. The van der Waals surface area contributed by atoms with Crippen molar-refractivity contribution in [3.63, 3.8) is 0 Å². The molecule has 3 N–H and O–H groups in total. The van der Waals surface area contributed by atoms with Gasteiger partial charge in [0, 0.05) is 15.1 Å². The Morgan fingerprint density at radius 1 is 1.47 bits per heavy atom. The van der Waals surface area contributed by atoms with Gasteiger partial charge in [-0.2, -0.15) is 0 Å². The highest BCUT2D eigenvalue weighted by Gasteiger charge is 2.15. The van der Waals surface area contributed by atoms with Crippen molar-refractivity contribution < 1.29 is 4.42 Å². The van der Waals surface area contributed by atoms with Crippen molar-refractivity contribution in [2.45, 2.75) is 0 Å². The number of thiophene rings is 1. The van der Waals surface area contributed by atoms with E-state index in [0.717, 1.165) is 15.0 Å². The number of nitrogens with two attached hydrogens (primary N) is 1. The first kappa shape index (κ1) is 10.8. The van der Waals surface area contributed by atoms with Crippen LogP contribution >= 0.6 is 35.2 Å². The maximum absolute atomic E-state index is 6.05. The molecule has 3 aromatic rings. The molecule has 0 spiro atoms. The van der Waals surface area contributed by atoms with Crippen LogP contribution in [0.25, 0.3) is 20.9 Å². The van der Waals surface area contributed by atoms with E-state index < -0.39 is 0 Å². The lowest BCUT2D eigenvalue weighted by Crippen LogP contribution is -1.85. The van der Waals surface area contributed by atoms with Gasteiger partial charge < -0.3 is 10.2 Å². The van der Waals surface area contributed by atoms with E-state index in [0.29, 0.717) is 16.6 Å². The van der Waals surface area contributed by atoms with Gasteiger partial charge in [-0.15, -0.1) is 16.4 Å². The summed E-state index contributed by atoms with van der Waals surface area (Å²) in [5.74, 6) is 0.407. The number of nitrogens with one attached hydrogen (secondary N) is 1. The lowest BCUT2D eigenvalue weighted by molar-refractivity contribution is 0.553. The molecule has 0 unspecified atom stereocenters. The van der Waals surface area contributed by atoms with Crippen molar-refractivity contribution in [2.24, 2.45) is 0 Å². The van der Waals surface area contributed by atoms with E-state index >= 15 is 0 Å². The van der Waals surface area contributed by atoms with E-state index in [2.05, 4.69) is 10.2 Å². The number of anilines is 1. The fraction of sp³-hybridized carbons (Fsp3) is 0. The zero-order chi connectivity index (χ0) is 12.0. The zero-order valence-electron chi connectivity index (χ0n) is 8.36. The van der Waals surface area contributed by atoms with E-state index in [1.807, 2.05) is 18.2 Å². The molecule has 0 atom stereocenters. The van der Waals surface area contributed by atoms with Gasteiger partial charge in [0.05, 0.1) is 5.69 Å². The number of halogens is 1. The van der Waals surface area contributed by atoms with Crippen LogP contribution in [0.15, 0.2) is 22.6 Å². The van der Waals surface area contributed by atoms with Gasteiger partial charge in [0.25, 0.3) is 10.7 Å². The molecule has 0 aliphatic heterocycles. The van der Waals surface area contributed by atoms with Crippen molar-refractivity contribution in [1.29, 1.82) is 0 Å². The lowest BCUT2D eigenvalue weighted by atomic mass is 10.2. The minimum absolute atomic E-state index is 0.231. The molecule has 2 heterocycles. The summed E-state index contributed by atoms with van der Waals surface area (Å²) in [6, 6.07) is 5.57. The third-order valence-electron chi connectivity index (χ3n) is 2.32. The number of benzene rings is 1. The molecular formula is C10H6ClN3OS2. The second-order valence-corrected chi connectivity index (χ2v) is 5.26. The minimum Gasteiger partial charge on any atom is -0.408 e. The molecule has 4 nitrogen and oxygen atoms in total. The van der Waals surface area contributed by atoms with Crippen molar-refractivity contribution in [2.75, 3.05) is 5.73 Å². The Hall–Kier alpha value is -1.37. The first-order valence-corrected chi connectivity index (χ1v) is 6.29. The van der Waals surface area contributed by atoms with Crippen LogP contribution in [0.3, 0.4) is 0 Å². The van der Waals surface area contributed by atoms with Crippen LogP contribution in [0.5, 0.6) is 0 Å². The summed E-state index contributed by atoms with van der Waals surface area (Å²) in [6.45, 7) is 0. The second kappa shape index (κ2) is 3.83. The van der Waals surface area contributed by atoms with Crippen LogP contribution < -0.4 is 5.73 Å². The summed E-state index contributed by atoms with van der Waals surface area (Å²) in [4.78, 5) is 0.990. The number of rotatable bonds is 1. The van der Waals surface area contributed by atoms with Crippen molar-refractivity contribution >= 4 is 50.9 Å². The quantitative estimate of drug-likeness (QED) is 0.666. The third kappa shape index (κ3) is 1.74. The summed E-state index contributed by atoms with van der Waals surface area (Å²) in [5.41, 5.74) is 6.66. The molecule has 2 aromatic heterocycles. The topological polar surface area (TPSA) is 67.8 Å². The molecule has 0 saturated heterocycles. The van der Waals surface area contributed by atoms with Crippen LogP contribution in [-0.2, 0) is 0 Å². The smallest absolute Gasteiger partial charge is 0.284 e. The van der Waals surface area contributed by atoms with Crippen LogP contribution in [0.4, 0.5) is 5.69 Å². The van der Waals surface area contributed by atoms with Gasteiger partial charge in [0.1, 0.15) is 4.88 Å². The van der Waals surface area contributed by atoms with Gasteiger partial charge in [-0.1, -0.05) is 11.6 Å². The first-order valence-electron chi connectivity index (χ1n) is 4.68. The molecule has 0 radical (unpaired) electrons. The Bertz CT molecular complexity index is 758. The van der Waals surface area contributed by atoms with E-state index in [1.165, 1.54) is 11.3 Å². The number of aromatic nitrogens is 2. The molecule has 86 valence electrons. The normalized spacial score (nSPS) is 11.1. The van der Waals surface area contributed by atoms with E-state index in [1.54, 1.807) is 0 Å². The molecule has 0 fully saturated rings. The molecule has 7 heteroatoms. The van der Waals surface area contributed by atoms with Crippen LogP contribution in [0.2, 0.25) is 5.02 Å². The second-order valence-electron chi connectivity index (χ2n) is 3.40. The predicted molar refractivity (Wildman–Crippen MR) is 71.9 cm³/mol. The Morgan fingerprint density at radius 2 is 2.29 bits per heavy atom. The fourth-order valence-corrected chi connectivity index (χ4v) is 2.90. The zero-order valence-corrected chi connectivity index (χ0v) is 10.7. The number of H-pyrrole nitrogens is 1. The monoisotopic (exact) mass is 283 g/mol. The number of fused-ring (bicyclic) bond motifs is 1. The third-order valence-corrected chi connectivity index (χ3v) is 3.91. The molecular weight excluding hydrogens is 278 g/mol. The van der Waals surface area contributed by atoms with Gasteiger partial charge >= 0.3 is 0 Å². The number of aromatic amines is 1. The Labute approximate surface area is 110 Å². The molecule has 1 aromatic carbocycles. The molecule has 3 rings (SSSR count). The van der Waals surface area contributed by atoms with Gasteiger partial charge in [-0.3, -0.25) is 0 Å². The fourth-order valence-electron chi connectivity index (χ4n) is 1.57. The number of hydrogen-bond donors (Lipinski definition) is 2. The molecule has 0 amide bonds. The predicted octanol–water partition coefficient (Wildman–Crippen LogP) is 3.85. The van der Waals surface area contributed by atoms with Gasteiger partial charge in [-0.05, 0) is 30.4 Å². The average molecular weight is 284 g/mol. The van der Waals surface area contributed by atoms with Gasteiger partial charge in [0.2, 0.25) is 0 Å². The van der Waals surface area contributed by atoms with E-state index in [4.69, 9.17) is 34.0 Å². The van der Waals surface area contributed by atoms with Crippen LogP contribution in [0, 0.1) is 4.84 Å². The summed E-state index contributed by atoms with van der Waals surface area (Å²) < 4.78 is 6.29. The highest BCUT2D eigenvalue weighted by atomic mass is 35.5. The van der Waals surface area contributed by atoms with Crippen LogP contribution in [-0.4, -0.2) is 10.2 Å². The highest BCUT2D eigenvalue weighted by molar-refractivity contribution is 7.71. The summed E-state index contributed by atoms with van der Waals surface area (Å²) in [5, 5.41) is 8.09. The number of nitrogens with zero attached hydrogens (tertiary/aromatic N) is 1. The number of nitrogen functional groups attached to an aromatic ring is 1. The SMILES string of the molecule is Nc1c(-c2n[nH]c(=S)o2)sc2ccc(Cl)cc12. The van der Waals surface area contributed by atoms with Crippen LogP contribution in [0.1, 0.15) is 0 Å². The molecule has 0 bridgehead atoms. The van der Waals surface area contributed by atoms with E-state index in [-0.39, 0.29) is 4.84 Å². The van der Waals surface area contributed by atoms with Crippen molar-refractivity contribution in [3.8, 4) is 10.8 Å². The molecule has 17 heavy (non-hydrogen) atoms. The maximum Gasteiger partial charge on any atom is 0.284 e. The highest BCUT2D eigenvalue weighted by Crippen LogP contribution is 2.40. The number of hydrogen-bond acceptors (Lipinski definition) is 5. The van der Waals surface area contributed by atoms with E-state index in [9.17, 15) is 0 Å². The Balaban J connectivity index is 2.31. The summed E-state index contributed by atoms with van der Waals surface area (Å²) >= 11 is 12.3. The van der Waals surface area contributed by atoms with Gasteiger partial charge in [0.15, 0.2) is 0 Å². The van der Waals surface area contributed by atoms with Gasteiger partial charge in [-0.25, -0.2) is 5.10 Å². The minimum atomic E-state index is 0.231. The molecule has 0 saturated carbocycles. The summed E-state index contributed by atoms with van der Waals surface area (Å²) in [6.07, 6.45) is 0. The largest absolute Gasteiger partial charge is 0.408 e. The lowest BCUT2D eigenvalue weighted by Gasteiger charge is -1.93. The first-order chi connectivity index (χ1) is 8.15.